The van der Waals surface area contributed by atoms with E-state index in [-0.39, 0.29) is 0 Å². The summed E-state index contributed by atoms with van der Waals surface area (Å²) in [6.45, 7) is 4.74. The molecule has 0 fully saturated rings. The van der Waals surface area contributed by atoms with Gasteiger partial charge in [-0.25, -0.2) is 6.08 Å². The van der Waals surface area contributed by atoms with E-state index in [4.69, 9.17) is 17.4 Å². The summed E-state index contributed by atoms with van der Waals surface area (Å²) in [6, 6.07) is -1.03. The standard InChI is InChI=1S/C4H6NO2/c1-2-3(5)4(6)7/h1-3H,5H2,(H,6,7)/q-1. The monoisotopic (exact) mass is 100 g/mol. The van der Waals surface area contributed by atoms with Crippen molar-refractivity contribution >= 4 is 5.97 Å². The summed E-state index contributed by atoms with van der Waals surface area (Å²) in [7, 11) is 0. The van der Waals surface area contributed by atoms with E-state index in [2.05, 4.69) is 0 Å². The van der Waals surface area contributed by atoms with Crippen LogP contribution >= 0.6 is 0 Å². The first-order chi connectivity index (χ1) is 3.18. The fourth-order valence-corrected chi connectivity index (χ4v) is 0.0823. The zero-order chi connectivity index (χ0) is 5.86. The van der Waals surface area contributed by atoms with E-state index in [1.54, 1.807) is 0 Å². The summed E-state index contributed by atoms with van der Waals surface area (Å²) in [6.07, 6.45) is 0.919. The minimum absolute atomic E-state index is 0.919. The fourth-order valence-electron chi connectivity index (χ4n) is 0.0823. The Morgan fingerprint density at radius 2 is 2.43 bits per heavy atom. The molecule has 0 aliphatic heterocycles. The Kier molecular flexibility index (Phi) is 2.08. The Bertz CT molecular complexity index is 89.7. The van der Waals surface area contributed by atoms with Gasteiger partial charge in [0.1, 0.15) is 0 Å². The molecule has 3 heteroatoms. The van der Waals surface area contributed by atoms with E-state index in [9.17, 15) is 4.79 Å². The van der Waals surface area contributed by atoms with Crippen LogP contribution in [-0.4, -0.2) is 17.1 Å². The third kappa shape index (κ3) is 1.94. The predicted molar refractivity (Wildman–Crippen MR) is 24.5 cm³/mol. The number of carbonyl (C=O) groups is 1. The highest BCUT2D eigenvalue weighted by Crippen LogP contribution is 1.74. The van der Waals surface area contributed by atoms with E-state index >= 15 is 0 Å². The average molecular weight is 100 g/mol. The smallest absolute Gasteiger partial charge is 0.321 e. The highest BCUT2D eigenvalue weighted by Gasteiger charge is 1.99. The van der Waals surface area contributed by atoms with E-state index in [1.807, 2.05) is 0 Å². The number of rotatable bonds is 2. The first kappa shape index (κ1) is 6.17. The van der Waals surface area contributed by atoms with Gasteiger partial charge in [-0.15, -0.1) is 0 Å². The van der Waals surface area contributed by atoms with Crippen molar-refractivity contribution in [2.75, 3.05) is 0 Å². The van der Waals surface area contributed by atoms with Gasteiger partial charge in [0.25, 0.3) is 0 Å². The normalized spacial score (nSPS) is 12.7. The zero-order valence-electron chi connectivity index (χ0n) is 3.66. The molecule has 0 amide bonds. The molecule has 3 N–H and O–H groups in total. The molecule has 0 rings (SSSR count). The molecular weight excluding hydrogens is 94.0 g/mol. The van der Waals surface area contributed by atoms with Gasteiger partial charge in [0.2, 0.25) is 0 Å². The van der Waals surface area contributed by atoms with Gasteiger partial charge in [0.15, 0.2) is 0 Å². The van der Waals surface area contributed by atoms with E-state index in [0.717, 1.165) is 6.08 Å². The van der Waals surface area contributed by atoms with Crippen LogP contribution in [0, 0.1) is 6.58 Å². The maximum atomic E-state index is 9.69. The Morgan fingerprint density at radius 1 is 2.00 bits per heavy atom. The van der Waals surface area contributed by atoms with Gasteiger partial charge in [0, 0.05) is 0 Å². The average Bonchev–Trinajstić information content (AvgIpc) is 1.65. The molecule has 0 heterocycles. The summed E-state index contributed by atoms with van der Waals surface area (Å²) < 4.78 is 0. The van der Waals surface area contributed by atoms with Crippen LogP contribution in [0.4, 0.5) is 0 Å². The minimum Gasteiger partial charge on any atom is -0.516 e. The summed E-state index contributed by atoms with van der Waals surface area (Å²) in [5.41, 5.74) is 4.84. The third-order valence-electron chi connectivity index (χ3n) is 0.492. The van der Waals surface area contributed by atoms with Crippen molar-refractivity contribution in [3.63, 3.8) is 0 Å². The SMILES string of the molecule is [CH-]=CC(N)C(=O)O. The van der Waals surface area contributed by atoms with Crippen molar-refractivity contribution in [3.05, 3.63) is 12.7 Å². The molecule has 1 atom stereocenters. The van der Waals surface area contributed by atoms with Gasteiger partial charge in [-0.05, 0) is 0 Å². The van der Waals surface area contributed by atoms with Crippen molar-refractivity contribution in [1.82, 2.24) is 0 Å². The maximum Gasteiger partial charge on any atom is 0.321 e. The van der Waals surface area contributed by atoms with Gasteiger partial charge in [-0.2, -0.15) is 0 Å². The van der Waals surface area contributed by atoms with Crippen molar-refractivity contribution in [3.8, 4) is 0 Å². The summed E-state index contributed by atoms with van der Waals surface area (Å²) in [5, 5.41) is 7.95. The van der Waals surface area contributed by atoms with Crippen LogP contribution in [0.25, 0.3) is 0 Å². The molecule has 0 aliphatic carbocycles. The molecule has 0 aromatic rings. The fraction of sp³-hybridized carbons (Fsp3) is 0.250. The second kappa shape index (κ2) is 2.36. The Morgan fingerprint density at radius 3 is 2.43 bits per heavy atom. The lowest BCUT2D eigenvalue weighted by atomic mass is 10.3. The molecule has 0 bridgehead atoms. The number of carboxylic acids is 1. The molecule has 0 spiro atoms. The third-order valence-corrected chi connectivity index (χ3v) is 0.492. The Balaban J connectivity index is 3.55. The van der Waals surface area contributed by atoms with Crippen LogP contribution in [0.5, 0.6) is 0 Å². The molecule has 0 aliphatic rings. The molecule has 3 nitrogen and oxygen atoms in total. The molecule has 0 saturated heterocycles. The van der Waals surface area contributed by atoms with Gasteiger partial charge < -0.3 is 17.4 Å². The van der Waals surface area contributed by atoms with Crippen molar-refractivity contribution in [2.24, 2.45) is 5.73 Å². The second-order valence-electron chi connectivity index (χ2n) is 1.06. The lowest BCUT2D eigenvalue weighted by molar-refractivity contribution is -0.137. The summed E-state index contributed by atoms with van der Waals surface area (Å²) in [5.74, 6) is -1.11. The molecule has 0 saturated carbocycles. The van der Waals surface area contributed by atoms with E-state index in [1.165, 1.54) is 0 Å². The lowest BCUT2D eigenvalue weighted by Gasteiger charge is -1.98. The number of nitrogens with two attached hydrogens (primary N) is 1. The van der Waals surface area contributed by atoms with Crippen molar-refractivity contribution < 1.29 is 9.90 Å². The summed E-state index contributed by atoms with van der Waals surface area (Å²) >= 11 is 0. The van der Waals surface area contributed by atoms with Gasteiger partial charge in [-0.3, -0.25) is 4.79 Å². The van der Waals surface area contributed by atoms with Crippen LogP contribution in [0.2, 0.25) is 0 Å². The molecule has 0 aromatic carbocycles. The topological polar surface area (TPSA) is 63.3 Å². The molecule has 7 heavy (non-hydrogen) atoms. The molecule has 0 radical (unpaired) electrons. The Hall–Kier alpha value is -0.830. The number of hydrogen-bond acceptors (Lipinski definition) is 2. The number of hydrogen-bond donors (Lipinski definition) is 2. The van der Waals surface area contributed by atoms with Crippen LogP contribution in [0.3, 0.4) is 0 Å². The lowest BCUT2D eigenvalue weighted by Crippen LogP contribution is -2.26. The zero-order valence-corrected chi connectivity index (χ0v) is 3.66. The Labute approximate surface area is 41.4 Å². The molecular formula is C4H6NO2-. The number of carboxylic acid groups (broad SMARTS) is 1. The minimum atomic E-state index is -1.11. The van der Waals surface area contributed by atoms with Crippen molar-refractivity contribution in [2.45, 2.75) is 6.04 Å². The van der Waals surface area contributed by atoms with Gasteiger partial charge in [0.05, 0.1) is 6.04 Å². The molecule has 0 aromatic heterocycles. The van der Waals surface area contributed by atoms with Crippen LogP contribution < -0.4 is 5.73 Å². The van der Waals surface area contributed by atoms with Gasteiger partial charge in [-0.1, -0.05) is 0 Å². The largest absolute Gasteiger partial charge is 0.516 e. The first-order valence-electron chi connectivity index (χ1n) is 1.72. The number of aliphatic carboxylic acids is 1. The van der Waals surface area contributed by atoms with E-state index < -0.39 is 12.0 Å². The quantitative estimate of drug-likeness (QED) is 0.455. The summed E-state index contributed by atoms with van der Waals surface area (Å²) in [4.78, 5) is 9.69. The maximum absolute atomic E-state index is 9.69. The van der Waals surface area contributed by atoms with Crippen LogP contribution in [0.1, 0.15) is 0 Å². The molecule has 1 unspecified atom stereocenters. The highest BCUT2D eigenvalue weighted by molar-refractivity contribution is 5.75. The highest BCUT2D eigenvalue weighted by atomic mass is 16.4. The van der Waals surface area contributed by atoms with Crippen LogP contribution in [0.15, 0.2) is 6.08 Å². The first-order valence-corrected chi connectivity index (χ1v) is 1.72. The van der Waals surface area contributed by atoms with E-state index in [0.29, 0.717) is 0 Å². The van der Waals surface area contributed by atoms with Gasteiger partial charge >= 0.3 is 5.97 Å². The molecule has 40 valence electrons. The second-order valence-corrected chi connectivity index (χ2v) is 1.06. The van der Waals surface area contributed by atoms with Crippen molar-refractivity contribution in [1.29, 1.82) is 0 Å². The van der Waals surface area contributed by atoms with Crippen LogP contribution in [-0.2, 0) is 4.79 Å². The predicted octanol–water partition coefficient (Wildman–Crippen LogP) is -0.613.